The predicted molar refractivity (Wildman–Crippen MR) is 96.5 cm³/mol. The molecule has 134 valence electrons. The molecule has 3 rings (SSSR count). The smallest absolute Gasteiger partial charge is 0.262 e. The lowest BCUT2D eigenvalue weighted by Crippen LogP contribution is -2.37. The van der Waals surface area contributed by atoms with Gasteiger partial charge >= 0.3 is 0 Å². The van der Waals surface area contributed by atoms with E-state index in [2.05, 4.69) is 14.7 Å². The van der Waals surface area contributed by atoms with Crippen LogP contribution in [0.3, 0.4) is 0 Å². The molecule has 0 aliphatic carbocycles. The minimum atomic E-state index is -3.68. The summed E-state index contributed by atoms with van der Waals surface area (Å²) in [5.74, 6) is 0.608. The van der Waals surface area contributed by atoms with Crippen LogP contribution in [0.1, 0.15) is 17.0 Å². The zero-order chi connectivity index (χ0) is 18.0. The quantitative estimate of drug-likeness (QED) is 0.896. The number of nitrogens with zero attached hydrogens (tertiary/aromatic N) is 3. The van der Waals surface area contributed by atoms with Gasteiger partial charge in [-0.1, -0.05) is 17.7 Å². The van der Waals surface area contributed by atoms with Crippen LogP contribution in [0.2, 0.25) is 0 Å². The molecular formula is C17H22N4O3S. The van der Waals surface area contributed by atoms with E-state index < -0.39 is 10.0 Å². The Balaban J connectivity index is 1.88. The van der Waals surface area contributed by atoms with Crippen LogP contribution in [0.25, 0.3) is 0 Å². The fourth-order valence-corrected chi connectivity index (χ4v) is 3.84. The molecule has 1 aromatic heterocycles. The third-order valence-corrected chi connectivity index (χ3v) is 5.49. The molecule has 0 saturated carbocycles. The van der Waals surface area contributed by atoms with Crippen molar-refractivity contribution in [1.82, 2.24) is 9.97 Å². The molecule has 0 atom stereocenters. The number of rotatable bonds is 4. The van der Waals surface area contributed by atoms with E-state index in [-0.39, 0.29) is 4.90 Å². The Morgan fingerprint density at radius 1 is 1.00 bits per heavy atom. The summed E-state index contributed by atoms with van der Waals surface area (Å²) in [5, 5.41) is 0. The normalized spacial score (nSPS) is 15.2. The zero-order valence-corrected chi connectivity index (χ0v) is 15.4. The molecule has 1 N–H and O–H groups in total. The monoisotopic (exact) mass is 362 g/mol. The average molecular weight is 362 g/mol. The number of aryl methyl sites for hydroxylation is 3. The van der Waals surface area contributed by atoms with Gasteiger partial charge in [0, 0.05) is 13.1 Å². The minimum absolute atomic E-state index is 0.217. The van der Waals surface area contributed by atoms with Crippen LogP contribution in [0.15, 0.2) is 29.2 Å². The second kappa shape index (κ2) is 6.97. The molecule has 1 aliphatic rings. The fraction of sp³-hybridized carbons (Fsp3) is 0.412. The molecule has 1 fully saturated rings. The van der Waals surface area contributed by atoms with Crippen molar-refractivity contribution in [2.75, 3.05) is 35.9 Å². The molecule has 0 bridgehead atoms. The van der Waals surface area contributed by atoms with Crippen molar-refractivity contribution in [3.8, 4) is 0 Å². The molecule has 2 aromatic rings. The third-order valence-electron chi connectivity index (χ3n) is 4.12. The molecular weight excluding hydrogens is 340 g/mol. The van der Waals surface area contributed by atoms with Crippen molar-refractivity contribution >= 4 is 21.7 Å². The summed E-state index contributed by atoms with van der Waals surface area (Å²) in [7, 11) is -3.68. The van der Waals surface area contributed by atoms with Crippen LogP contribution in [0, 0.1) is 20.8 Å². The van der Waals surface area contributed by atoms with Gasteiger partial charge in [-0.3, -0.25) is 4.72 Å². The molecule has 2 heterocycles. The van der Waals surface area contributed by atoms with Gasteiger partial charge in [0.2, 0.25) is 5.95 Å². The summed E-state index contributed by atoms with van der Waals surface area (Å²) >= 11 is 0. The van der Waals surface area contributed by atoms with E-state index in [1.807, 2.05) is 11.8 Å². The van der Waals surface area contributed by atoms with Gasteiger partial charge < -0.3 is 9.64 Å². The molecule has 1 saturated heterocycles. The van der Waals surface area contributed by atoms with E-state index >= 15 is 0 Å². The number of aromatic nitrogens is 2. The number of sulfonamides is 1. The van der Waals surface area contributed by atoms with Gasteiger partial charge in [-0.05, 0) is 32.9 Å². The van der Waals surface area contributed by atoms with Crippen LogP contribution in [0.5, 0.6) is 0 Å². The van der Waals surface area contributed by atoms with Crippen LogP contribution in [-0.2, 0) is 14.8 Å². The first-order valence-corrected chi connectivity index (χ1v) is 9.62. The lowest BCUT2D eigenvalue weighted by atomic mass is 10.2. The van der Waals surface area contributed by atoms with Crippen LogP contribution in [-0.4, -0.2) is 44.7 Å². The predicted octanol–water partition coefficient (Wildman–Crippen LogP) is 2.04. The van der Waals surface area contributed by atoms with E-state index in [0.29, 0.717) is 36.2 Å². The molecule has 1 aromatic carbocycles. The highest BCUT2D eigenvalue weighted by atomic mass is 32.2. The maximum Gasteiger partial charge on any atom is 0.262 e. The summed E-state index contributed by atoms with van der Waals surface area (Å²) in [6.45, 7) is 8.22. The summed E-state index contributed by atoms with van der Waals surface area (Å²) in [4.78, 5) is 11.2. The Morgan fingerprint density at radius 2 is 1.56 bits per heavy atom. The second-order valence-electron chi connectivity index (χ2n) is 6.09. The number of nitrogens with one attached hydrogen (secondary N) is 1. The molecule has 0 amide bonds. The van der Waals surface area contributed by atoms with Crippen molar-refractivity contribution in [2.24, 2.45) is 0 Å². The van der Waals surface area contributed by atoms with E-state index in [9.17, 15) is 8.42 Å². The first kappa shape index (κ1) is 17.6. The summed E-state index contributed by atoms with van der Waals surface area (Å²) in [5.41, 5.74) is 2.64. The number of ether oxygens (including phenoxy) is 1. The molecule has 0 unspecified atom stereocenters. The highest BCUT2D eigenvalue weighted by Crippen LogP contribution is 2.24. The number of hydrogen-bond donors (Lipinski definition) is 1. The first-order chi connectivity index (χ1) is 11.9. The second-order valence-corrected chi connectivity index (χ2v) is 7.77. The third kappa shape index (κ3) is 3.91. The molecule has 0 spiro atoms. The largest absolute Gasteiger partial charge is 0.378 e. The van der Waals surface area contributed by atoms with Gasteiger partial charge in [-0.2, -0.15) is 0 Å². The molecule has 7 nitrogen and oxygen atoms in total. The lowest BCUT2D eigenvalue weighted by molar-refractivity contribution is 0.122. The van der Waals surface area contributed by atoms with Gasteiger partial charge in [-0.25, -0.2) is 18.4 Å². The Morgan fingerprint density at radius 3 is 2.12 bits per heavy atom. The van der Waals surface area contributed by atoms with Gasteiger partial charge in [-0.15, -0.1) is 0 Å². The van der Waals surface area contributed by atoms with Gasteiger partial charge in [0.25, 0.3) is 10.0 Å². The first-order valence-electron chi connectivity index (χ1n) is 8.14. The molecule has 0 radical (unpaired) electrons. The van der Waals surface area contributed by atoms with E-state index in [4.69, 9.17) is 4.74 Å². The number of hydrogen-bond acceptors (Lipinski definition) is 6. The maximum absolute atomic E-state index is 12.6. The Kier molecular flexibility index (Phi) is 4.91. The van der Waals surface area contributed by atoms with Crippen LogP contribution < -0.4 is 9.62 Å². The SMILES string of the molecule is Cc1ccc(S(=O)(=O)Nc2c(C)nc(N3CCOCC3)nc2C)cc1. The van der Waals surface area contributed by atoms with Crippen molar-refractivity contribution < 1.29 is 13.2 Å². The Bertz CT molecular complexity index is 837. The highest BCUT2D eigenvalue weighted by molar-refractivity contribution is 7.92. The van der Waals surface area contributed by atoms with Crippen molar-refractivity contribution in [3.63, 3.8) is 0 Å². The van der Waals surface area contributed by atoms with E-state index in [1.54, 1.807) is 38.1 Å². The summed E-state index contributed by atoms with van der Waals surface area (Å²) in [6.07, 6.45) is 0. The van der Waals surface area contributed by atoms with Crippen LogP contribution >= 0.6 is 0 Å². The zero-order valence-electron chi connectivity index (χ0n) is 14.6. The molecule has 1 aliphatic heterocycles. The standard InChI is InChI=1S/C17H22N4O3S/c1-12-4-6-15(7-5-12)25(22,23)20-16-13(2)18-17(19-14(16)3)21-8-10-24-11-9-21/h4-7,20H,8-11H2,1-3H3. The van der Waals surface area contributed by atoms with Gasteiger partial charge in [0.05, 0.1) is 35.2 Å². The van der Waals surface area contributed by atoms with Crippen LogP contribution in [0.4, 0.5) is 11.6 Å². The average Bonchev–Trinajstić information content (AvgIpc) is 2.59. The molecule has 25 heavy (non-hydrogen) atoms. The number of benzene rings is 1. The highest BCUT2D eigenvalue weighted by Gasteiger charge is 2.20. The summed E-state index contributed by atoms with van der Waals surface area (Å²) in [6, 6.07) is 6.72. The van der Waals surface area contributed by atoms with Crippen molar-refractivity contribution in [1.29, 1.82) is 0 Å². The molecule has 8 heteroatoms. The maximum atomic E-state index is 12.6. The topological polar surface area (TPSA) is 84.4 Å². The Hall–Kier alpha value is -2.19. The van der Waals surface area contributed by atoms with Crippen molar-refractivity contribution in [3.05, 3.63) is 41.2 Å². The number of anilines is 2. The van der Waals surface area contributed by atoms with E-state index in [1.165, 1.54) is 0 Å². The Labute approximate surface area is 148 Å². The van der Waals surface area contributed by atoms with Gasteiger partial charge in [0.1, 0.15) is 0 Å². The van der Waals surface area contributed by atoms with Crippen molar-refractivity contribution in [2.45, 2.75) is 25.7 Å². The fourth-order valence-electron chi connectivity index (χ4n) is 2.66. The van der Waals surface area contributed by atoms with Gasteiger partial charge in [0.15, 0.2) is 0 Å². The summed E-state index contributed by atoms with van der Waals surface area (Å²) < 4.78 is 33.2. The lowest BCUT2D eigenvalue weighted by Gasteiger charge is -2.27. The number of morpholine rings is 1. The van der Waals surface area contributed by atoms with E-state index in [0.717, 1.165) is 18.7 Å². The minimum Gasteiger partial charge on any atom is -0.378 e.